The number of halogens is 2. The molecule has 12 heavy (non-hydrogen) atoms. The Kier molecular flexibility index (Phi) is 4.01. The first-order valence-corrected chi connectivity index (χ1v) is 5.20. The minimum atomic E-state index is 0.112. The van der Waals surface area contributed by atoms with E-state index in [1.165, 1.54) is 0 Å². The minimum absolute atomic E-state index is 0.112. The van der Waals surface area contributed by atoms with Crippen LogP contribution < -0.4 is 0 Å². The number of carbonyl (C=O) groups excluding carboxylic acids is 1. The van der Waals surface area contributed by atoms with Crippen LogP contribution in [0.3, 0.4) is 0 Å². The SMILES string of the molecule is O=C(CCCl)c1ccc(I)cc1. The Hall–Kier alpha value is -0.0900. The van der Waals surface area contributed by atoms with Crippen LogP contribution in [0.15, 0.2) is 24.3 Å². The van der Waals surface area contributed by atoms with Crippen molar-refractivity contribution in [3.05, 3.63) is 33.4 Å². The second-order valence-electron chi connectivity index (χ2n) is 2.37. The third-order valence-corrected chi connectivity index (χ3v) is 2.40. The standard InChI is InChI=1S/C9H8ClIO/c10-6-5-9(12)7-1-3-8(11)4-2-7/h1-4H,5-6H2. The number of carbonyl (C=O) groups is 1. The van der Waals surface area contributed by atoms with Crippen LogP contribution in [0.4, 0.5) is 0 Å². The van der Waals surface area contributed by atoms with Crippen molar-refractivity contribution in [3.8, 4) is 0 Å². The summed E-state index contributed by atoms with van der Waals surface area (Å²) >= 11 is 7.66. The maximum absolute atomic E-state index is 11.3. The van der Waals surface area contributed by atoms with Gasteiger partial charge >= 0.3 is 0 Å². The zero-order chi connectivity index (χ0) is 8.97. The molecule has 0 heterocycles. The van der Waals surface area contributed by atoms with Gasteiger partial charge in [0.25, 0.3) is 0 Å². The van der Waals surface area contributed by atoms with Gasteiger partial charge in [0.05, 0.1) is 0 Å². The number of hydrogen-bond donors (Lipinski definition) is 0. The minimum Gasteiger partial charge on any atom is -0.294 e. The highest BCUT2D eigenvalue weighted by molar-refractivity contribution is 14.1. The molecule has 1 aromatic carbocycles. The largest absolute Gasteiger partial charge is 0.294 e. The number of Topliss-reactive ketones (excluding diaryl/α,β-unsaturated/α-hetero) is 1. The van der Waals surface area contributed by atoms with Crippen LogP contribution in [0.2, 0.25) is 0 Å². The lowest BCUT2D eigenvalue weighted by molar-refractivity contribution is 0.0989. The smallest absolute Gasteiger partial charge is 0.164 e. The maximum atomic E-state index is 11.3. The third-order valence-electron chi connectivity index (χ3n) is 1.49. The highest BCUT2D eigenvalue weighted by atomic mass is 127. The van der Waals surface area contributed by atoms with E-state index in [0.717, 1.165) is 9.13 Å². The summed E-state index contributed by atoms with van der Waals surface area (Å²) in [5.74, 6) is 0.506. The van der Waals surface area contributed by atoms with Crippen LogP contribution in [-0.4, -0.2) is 11.7 Å². The van der Waals surface area contributed by atoms with Crippen molar-refractivity contribution in [3.63, 3.8) is 0 Å². The lowest BCUT2D eigenvalue weighted by Crippen LogP contribution is -1.98. The Morgan fingerprint density at radius 2 is 1.92 bits per heavy atom. The summed E-state index contributed by atoms with van der Waals surface area (Å²) in [6.07, 6.45) is 0.419. The molecule has 0 aromatic heterocycles. The fourth-order valence-electron chi connectivity index (χ4n) is 0.866. The molecule has 0 spiro atoms. The molecule has 0 amide bonds. The van der Waals surface area contributed by atoms with Gasteiger partial charge in [-0.1, -0.05) is 12.1 Å². The number of rotatable bonds is 3. The number of hydrogen-bond acceptors (Lipinski definition) is 1. The molecule has 0 N–H and O–H groups in total. The molecule has 0 aliphatic carbocycles. The zero-order valence-electron chi connectivity index (χ0n) is 6.39. The van der Waals surface area contributed by atoms with Crippen molar-refractivity contribution >= 4 is 40.0 Å². The van der Waals surface area contributed by atoms with Crippen LogP contribution in [0, 0.1) is 3.57 Å². The van der Waals surface area contributed by atoms with Gasteiger partial charge in [0.1, 0.15) is 0 Å². The Morgan fingerprint density at radius 3 is 2.42 bits per heavy atom. The summed E-state index contributed by atoms with van der Waals surface area (Å²) in [6, 6.07) is 7.50. The molecular weight excluding hydrogens is 286 g/mol. The summed E-state index contributed by atoms with van der Waals surface area (Å²) in [7, 11) is 0. The topological polar surface area (TPSA) is 17.1 Å². The maximum Gasteiger partial charge on any atom is 0.164 e. The van der Waals surface area contributed by atoms with Gasteiger partial charge in [-0.25, -0.2) is 0 Å². The van der Waals surface area contributed by atoms with Gasteiger partial charge in [-0.05, 0) is 34.7 Å². The Bertz CT molecular complexity index is 268. The van der Waals surface area contributed by atoms with Crippen LogP contribution in [-0.2, 0) is 0 Å². The Morgan fingerprint density at radius 1 is 1.33 bits per heavy atom. The van der Waals surface area contributed by atoms with Crippen molar-refractivity contribution in [2.45, 2.75) is 6.42 Å². The molecule has 0 saturated carbocycles. The summed E-state index contributed by atoms with van der Waals surface area (Å²) in [4.78, 5) is 11.3. The molecule has 0 aliphatic rings. The predicted octanol–water partition coefficient (Wildman–Crippen LogP) is 3.10. The van der Waals surface area contributed by atoms with E-state index < -0.39 is 0 Å². The van der Waals surface area contributed by atoms with Crippen LogP contribution in [0.5, 0.6) is 0 Å². The van der Waals surface area contributed by atoms with Crippen LogP contribution in [0.25, 0.3) is 0 Å². The number of benzene rings is 1. The van der Waals surface area contributed by atoms with Gasteiger partial charge in [-0.3, -0.25) is 4.79 Å². The fourth-order valence-corrected chi connectivity index (χ4v) is 1.40. The van der Waals surface area contributed by atoms with Crippen LogP contribution >= 0.6 is 34.2 Å². The first-order valence-electron chi connectivity index (χ1n) is 3.59. The van der Waals surface area contributed by atoms with Crippen LogP contribution in [0.1, 0.15) is 16.8 Å². The number of ketones is 1. The zero-order valence-corrected chi connectivity index (χ0v) is 9.30. The summed E-state index contributed by atoms with van der Waals surface area (Å²) < 4.78 is 1.13. The quantitative estimate of drug-likeness (QED) is 0.476. The first-order chi connectivity index (χ1) is 5.74. The van der Waals surface area contributed by atoms with E-state index in [-0.39, 0.29) is 5.78 Å². The van der Waals surface area contributed by atoms with E-state index in [9.17, 15) is 4.79 Å². The van der Waals surface area contributed by atoms with E-state index >= 15 is 0 Å². The van der Waals surface area contributed by atoms with Crippen molar-refractivity contribution in [1.29, 1.82) is 0 Å². The molecule has 0 bridgehead atoms. The average molecular weight is 295 g/mol. The molecular formula is C9H8ClIO. The second kappa shape index (κ2) is 4.82. The Labute approximate surface area is 90.3 Å². The van der Waals surface area contributed by atoms with Gasteiger partial charge in [0.2, 0.25) is 0 Å². The van der Waals surface area contributed by atoms with E-state index in [1.807, 2.05) is 24.3 Å². The molecule has 1 aromatic rings. The van der Waals surface area contributed by atoms with Gasteiger partial charge < -0.3 is 0 Å². The van der Waals surface area contributed by atoms with Gasteiger partial charge in [-0.2, -0.15) is 0 Å². The summed E-state index contributed by atoms with van der Waals surface area (Å²) in [6.45, 7) is 0. The lowest BCUT2D eigenvalue weighted by Gasteiger charge is -1.97. The van der Waals surface area contributed by atoms with Gasteiger partial charge in [0.15, 0.2) is 5.78 Å². The third kappa shape index (κ3) is 2.75. The van der Waals surface area contributed by atoms with E-state index in [4.69, 9.17) is 11.6 Å². The molecule has 0 radical (unpaired) electrons. The molecule has 0 unspecified atom stereocenters. The lowest BCUT2D eigenvalue weighted by atomic mass is 10.1. The fraction of sp³-hybridized carbons (Fsp3) is 0.222. The molecule has 1 nitrogen and oxygen atoms in total. The van der Waals surface area contributed by atoms with Crippen molar-refractivity contribution in [2.24, 2.45) is 0 Å². The van der Waals surface area contributed by atoms with E-state index in [2.05, 4.69) is 22.6 Å². The molecule has 0 atom stereocenters. The highest BCUT2D eigenvalue weighted by Gasteiger charge is 2.03. The van der Waals surface area contributed by atoms with Crippen molar-refractivity contribution in [2.75, 3.05) is 5.88 Å². The number of alkyl halides is 1. The average Bonchev–Trinajstić information content (AvgIpc) is 2.06. The molecule has 0 saturated heterocycles. The predicted molar refractivity (Wildman–Crippen MR) is 58.8 cm³/mol. The van der Waals surface area contributed by atoms with Crippen molar-refractivity contribution in [1.82, 2.24) is 0 Å². The summed E-state index contributed by atoms with van der Waals surface area (Å²) in [5, 5.41) is 0. The van der Waals surface area contributed by atoms with E-state index in [1.54, 1.807) is 0 Å². The van der Waals surface area contributed by atoms with Crippen molar-refractivity contribution < 1.29 is 4.79 Å². The monoisotopic (exact) mass is 294 g/mol. The molecule has 3 heteroatoms. The first kappa shape index (κ1) is 9.99. The molecule has 64 valence electrons. The summed E-state index contributed by atoms with van der Waals surface area (Å²) in [5.41, 5.74) is 0.746. The molecule has 0 aliphatic heterocycles. The molecule has 0 fully saturated rings. The second-order valence-corrected chi connectivity index (χ2v) is 3.99. The van der Waals surface area contributed by atoms with E-state index in [0.29, 0.717) is 12.3 Å². The molecule has 1 rings (SSSR count). The Balaban J connectivity index is 2.75. The van der Waals surface area contributed by atoms with Gasteiger partial charge in [-0.15, -0.1) is 11.6 Å². The van der Waals surface area contributed by atoms with Gasteiger partial charge in [0, 0.05) is 21.4 Å². The normalized spacial score (nSPS) is 9.83. The highest BCUT2D eigenvalue weighted by Crippen LogP contribution is 2.08.